The largest absolute Gasteiger partial charge is 0.338 e. The summed E-state index contributed by atoms with van der Waals surface area (Å²) in [5.41, 5.74) is 1.42. The van der Waals surface area contributed by atoms with Crippen molar-refractivity contribution in [2.75, 3.05) is 17.2 Å². The molecule has 21 heavy (non-hydrogen) atoms. The van der Waals surface area contributed by atoms with Crippen molar-refractivity contribution in [3.8, 4) is 0 Å². The minimum absolute atomic E-state index is 0.0237. The monoisotopic (exact) mass is 291 g/mol. The van der Waals surface area contributed by atoms with Crippen molar-refractivity contribution in [3.63, 3.8) is 0 Å². The van der Waals surface area contributed by atoms with Crippen LogP contribution in [0.15, 0.2) is 24.3 Å². The van der Waals surface area contributed by atoms with Crippen LogP contribution in [0.25, 0.3) is 0 Å². The van der Waals surface area contributed by atoms with E-state index in [0.29, 0.717) is 12.2 Å². The zero-order valence-corrected chi connectivity index (χ0v) is 13.0. The standard InChI is InChI=1S/C16H25N3O2/c1-4-5-6-11-17-16(21)19-14-9-7-13(8-10-14)18-15(20)12(2)3/h7-10,12H,4-6,11H2,1-3H3,(H,18,20)(H2,17,19,21). The Hall–Kier alpha value is -2.04. The van der Waals surface area contributed by atoms with Crippen LogP contribution in [-0.4, -0.2) is 18.5 Å². The van der Waals surface area contributed by atoms with Crippen LogP contribution in [0.2, 0.25) is 0 Å². The molecule has 5 nitrogen and oxygen atoms in total. The number of carbonyl (C=O) groups excluding carboxylic acids is 2. The highest BCUT2D eigenvalue weighted by Gasteiger charge is 2.07. The van der Waals surface area contributed by atoms with E-state index in [2.05, 4.69) is 22.9 Å². The first-order chi connectivity index (χ1) is 10.0. The van der Waals surface area contributed by atoms with Gasteiger partial charge in [-0.2, -0.15) is 0 Å². The minimum Gasteiger partial charge on any atom is -0.338 e. The maximum Gasteiger partial charge on any atom is 0.319 e. The van der Waals surface area contributed by atoms with Gasteiger partial charge in [0.25, 0.3) is 0 Å². The first-order valence-electron chi connectivity index (χ1n) is 7.48. The highest BCUT2D eigenvalue weighted by atomic mass is 16.2. The molecule has 3 amide bonds. The van der Waals surface area contributed by atoms with Crippen molar-refractivity contribution < 1.29 is 9.59 Å². The number of nitrogens with one attached hydrogen (secondary N) is 3. The molecule has 0 aliphatic carbocycles. The van der Waals surface area contributed by atoms with Crippen molar-refractivity contribution in [1.82, 2.24) is 5.32 Å². The van der Waals surface area contributed by atoms with E-state index >= 15 is 0 Å². The smallest absolute Gasteiger partial charge is 0.319 e. The predicted molar refractivity (Wildman–Crippen MR) is 86.5 cm³/mol. The number of hydrogen-bond donors (Lipinski definition) is 3. The number of benzene rings is 1. The number of urea groups is 1. The molecule has 1 rings (SSSR count). The number of amides is 3. The van der Waals surface area contributed by atoms with Gasteiger partial charge in [-0.1, -0.05) is 33.6 Å². The molecular weight excluding hydrogens is 266 g/mol. The lowest BCUT2D eigenvalue weighted by Gasteiger charge is -2.10. The van der Waals surface area contributed by atoms with Gasteiger partial charge < -0.3 is 16.0 Å². The highest BCUT2D eigenvalue weighted by Crippen LogP contribution is 2.14. The number of anilines is 2. The van der Waals surface area contributed by atoms with Crippen molar-refractivity contribution in [2.24, 2.45) is 5.92 Å². The van der Waals surface area contributed by atoms with E-state index < -0.39 is 0 Å². The van der Waals surface area contributed by atoms with Gasteiger partial charge in [-0.3, -0.25) is 4.79 Å². The van der Waals surface area contributed by atoms with E-state index in [9.17, 15) is 9.59 Å². The van der Waals surface area contributed by atoms with Crippen LogP contribution in [0.5, 0.6) is 0 Å². The Morgan fingerprint density at radius 1 is 1.00 bits per heavy atom. The highest BCUT2D eigenvalue weighted by molar-refractivity contribution is 5.93. The quantitative estimate of drug-likeness (QED) is 0.672. The van der Waals surface area contributed by atoms with Gasteiger partial charge in [0.2, 0.25) is 5.91 Å². The predicted octanol–water partition coefficient (Wildman–Crippen LogP) is 3.59. The fourth-order valence-corrected chi connectivity index (χ4v) is 1.68. The first-order valence-corrected chi connectivity index (χ1v) is 7.48. The van der Waals surface area contributed by atoms with Crippen LogP contribution in [0.4, 0.5) is 16.2 Å². The average molecular weight is 291 g/mol. The Morgan fingerprint density at radius 3 is 2.10 bits per heavy atom. The Bertz CT molecular complexity index is 455. The molecule has 0 spiro atoms. The van der Waals surface area contributed by atoms with E-state index in [1.807, 2.05) is 13.8 Å². The Balaban J connectivity index is 2.40. The van der Waals surface area contributed by atoms with E-state index in [-0.39, 0.29) is 17.9 Å². The number of unbranched alkanes of at least 4 members (excludes halogenated alkanes) is 2. The fourth-order valence-electron chi connectivity index (χ4n) is 1.68. The Kier molecular flexibility index (Phi) is 7.29. The molecule has 116 valence electrons. The van der Waals surface area contributed by atoms with Crippen molar-refractivity contribution in [1.29, 1.82) is 0 Å². The average Bonchev–Trinajstić information content (AvgIpc) is 2.45. The second-order valence-electron chi connectivity index (χ2n) is 5.31. The molecule has 0 saturated carbocycles. The third-order valence-corrected chi connectivity index (χ3v) is 3.00. The minimum atomic E-state index is -0.204. The van der Waals surface area contributed by atoms with Crippen LogP contribution in [0.1, 0.15) is 40.0 Å². The Labute approximate surface area is 126 Å². The lowest BCUT2D eigenvalue weighted by molar-refractivity contribution is -0.118. The molecule has 5 heteroatoms. The first kappa shape index (κ1) is 17.0. The zero-order chi connectivity index (χ0) is 15.7. The van der Waals surface area contributed by atoms with Crippen molar-refractivity contribution in [2.45, 2.75) is 40.0 Å². The molecule has 0 saturated heterocycles. The second kappa shape index (κ2) is 9.00. The number of hydrogen-bond acceptors (Lipinski definition) is 2. The molecule has 0 atom stereocenters. The summed E-state index contributed by atoms with van der Waals surface area (Å²) in [6, 6.07) is 6.87. The molecule has 0 radical (unpaired) electrons. The summed E-state index contributed by atoms with van der Waals surface area (Å²) >= 11 is 0. The molecule has 0 unspecified atom stereocenters. The zero-order valence-electron chi connectivity index (χ0n) is 13.0. The summed E-state index contributed by atoms with van der Waals surface area (Å²) < 4.78 is 0. The molecule has 1 aromatic carbocycles. The molecule has 0 aliphatic heterocycles. The Morgan fingerprint density at radius 2 is 1.57 bits per heavy atom. The van der Waals surface area contributed by atoms with Crippen molar-refractivity contribution in [3.05, 3.63) is 24.3 Å². The summed E-state index contributed by atoms with van der Waals surface area (Å²) in [6.07, 6.45) is 3.24. The fraction of sp³-hybridized carbons (Fsp3) is 0.500. The summed E-state index contributed by atoms with van der Waals surface area (Å²) in [4.78, 5) is 23.2. The summed E-state index contributed by atoms with van der Waals surface area (Å²) in [5, 5.41) is 8.37. The topological polar surface area (TPSA) is 70.2 Å². The SMILES string of the molecule is CCCCCNC(=O)Nc1ccc(NC(=O)C(C)C)cc1. The lowest BCUT2D eigenvalue weighted by Crippen LogP contribution is -2.29. The molecule has 0 bridgehead atoms. The van der Waals surface area contributed by atoms with Gasteiger partial charge in [0.1, 0.15) is 0 Å². The molecule has 0 heterocycles. The summed E-state index contributed by atoms with van der Waals surface area (Å²) in [6.45, 7) is 6.49. The van der Waals surface area contributed by atoms with Gasteiger partial charge in [0, 0.05) is 23.8 Å². The lowest BCUT2D eigenvalue weighted by atomic mass is 10.2. The van der Waals surface area contributed by atoms with Crippen LogP contribution in [-0.2, 0) is 4.79 Å². The van der Waals surface area contributed by atoms with Crippen LogP contribution in [0.3, 0.4) is 0 Å². The number of carbonyl (C=O) groups is 2. The summed E-state index contributed by atoms with van der Waals surface area (Å²) in [5.74, 6) is -0.0823. The normalized spacial score (nSPS) is 10.3. The molecule has 0 aliphatic rings. The third-order valence-electron chi connectivity index (χ3n) is 3.00. The van der Waals surface area contributed by atoms with E-state index in [4.69, 9.17) is 0 Å². The number of rotatable bonds is 7. The van der Waals surface area contributed by atoms with Crippen LogP contribution < -0.4 is 16.0 Å². The molecule has 0 fully saturated rings. The molecular formula is C16H25N3O2. The maximum atomic E-state index is 11.6. The van der Waals surface area contributed by atoms with Gasteiger partial charge in [-0.15, -0.1) is 0 Å². The van der Waals surface area contributed by atoms with Gasteiger partial charge in [0.15, 0.2) is 0 Å². The third kappa shape index (κ3) is 6.79. The maximum absolute atomic E-state index is 11.6. The van der Waals surface area contributed by atoms with Crippen LogP contribution >= 0.6 is 0 Å². The van der Waals surface area contributed by atoms with E-state index in [1.165, 1.54) is 0 Å². The molecule has 3 N–H and O–H groups in total. The van der Waals surface area contributed by atoms with Gasteiger partial charge in [-0.25, -0.2) is 4.79 Å². The van der Waals surface area contributed by atoms with Gasteiger partial charge in [-0.05, 0) is 30.7 Å². The molecule has 0 aromatic heterocycles. The summed E-state index contributed by atoms with van der Waals surface area (Å²) in [7, 11) is 0. The molecule has 1 aromatic rings. The second-order valence-corrected chi connectivity index (χ2v) is 5.31. The van der Waals surface area contributed by atoms with Crippen molar-refractivity contribution >= 4 is 23.3 Å². The van der Waals surface area contributed by atoms with E-state index in [0.717, 1.165) is 24.9 Å². The van der Waals surface area contributed by atoms with Gasteiger partial charge >= 0.3 is 6.03 Å². The van der Waals surface area contributed by atoms with Gasteiger partial charge in [0.05, 0.1) is 0 Å². The van der Waals surface area contributed by atoms with E-state index in [1.54, 1.807) is 24.3 Å². The van der Waals surface area contributed by atoms with Crippen LogP contribution in [0, 0.1) is 5.92 Å².